The first-order chi connectivity index (χ1) is 19.8. The van der Waals surface area contributed by atoms with Crippen molar-refractivity contribution in [2.75, 3.05) is 0 Å². The quantitative estimate of drug-likeness (QED) is 0.123. The number of allylic oxidation sites excluding steroid dienone is 4. The van der Waals surface area contributed by atoms with E-state index in [0.29, 0.717) is 0 Å². The van der Waals surface area contributed by atoms with Crippen LogP contribution in [0.15, 0.2) is 97.1 Å². The molecule has 0 amide bonds. The Morgan fingerprint density at radius 3 is 1.68 bits per heavy atom. The minimum atomic E-state index is 0. The van der Waals surface area contributed by atoms with E-state index in [2.05, 4.69) is 114 Å². The Bertz CT molecular complexity index is 1480. The Hall–Kier alpha value is -1.74. The molecule has 0 aromatic heterocycles. The molecule has 6 rings (SSSR count). The molecule has 0 nitrogen and oxygen atoms in total. The van der Waals surface area contributed by atoms with Crippen molar-refractivity contribution in [3.63, 3.8) is 0 Å². The van der Waals surface area contributed by atoms with Gasteiger partial charge in [-0.1, -0.05) is 65.3 Å². The molecule has 0 unspecified atom stereocenters. The number of fused-ring (bicyclic) bond motifs is 3. The van der Waals surface area contributed by atoms with Crippen molar-refractivity contribution < 1.29 is 23.9 Å². The third-order valence-electron chi connectivity index (χ3n) is 7.32. The SMILES string of the molecule is CC(C)(C)c1[c-]c2c(cc1)-c1ccc(C(C)(C)C)cc1C2.Cl.Cl.Clc1ccc([C](=[Hf+2])c2ccc(Cl)cc2)cc1.[C-]1=CC=CC1. The fourth-order valence-electron chi connectivity index (χ4n) is 4.77. The first-order valence-electron chi connectivity index (χ1n) is 14.3. The minimum absolute atomic E-state index is 0. The van der Waals surface area contributed by atoms with E-state index in [9.17, 15) is 0 Å². The number of hydrogen-bond donors (Lipinski definition) is 0. The van der Waals surface area contributed by atoms with Gasteiger partial charge in [0.25, 0.3) is 0 Å². The number of rotatable bonds is 2. The molecule has 5 heteroatoms. The van der Waals surface area contributed by atoms with E-state index in [4.69, 9.17) is 23.2 Å². The molecule has 0 N–H and O–H groups in total. The van der Waals surface area contributed by atoms with Crippen LogP contribution in [0.2, 0.25) is 10.0 Å². The van der Waals surface area contributed by atoms with Gasteiger partial charge in [0.1, 0.15) is 0 Å². The van der Waals surface area contributed by atoms with Crippen LogP contribution < -0.4 is 0 Å². The smallest absolute Gasteiger partial charge is 0.109 e. The van der Waals surface area contributed by atoms with Gasteiger partial charge in [0.15, 0.2) is 0 Å². The summed E-state index contributed by atoms with van der Waals surface area (Å²) in [6, 6.07) is 31.1. The van der Waals surface area contributed by atoms with Gasteiger partial charge < -0.3 is 0 Å². The molecular weight excluding hydrogens is 789 g/mol. The van der Waals surface area contributed by atoms with Crippen LogP contribution in [0, 0.1) is 12.1 Å². The third kappa shape index (κ3) is 10.4. The van der Waals surface area contributed by atoms with Crippen molar-refractivity contribution in [2.24, 2.45) is 0 Å². The Balaban J connectivity index is 0.000000260. The monoisotopic (exact) mass is 828 g/mol. The molecule has 0 fully saturated rings. The largest absolute Gasteiger partial charge is 0.273 e. The van der Waals surface area contributed by atoms with Gasteiger partial charge in [-0.3, -0.25) is 6.08 Å². The summed E-state index contributed by atoms with van der Waals surface area (Å²) in [4.78, 5) is 0. The topological polar surface area (TPSA) is 0 Å². The maximum atomic E-state index is 5.87. The van der Waals surface area contributed by atoms with Crippen molar-refractivity contribution in [2.45, 2.75) is 65.2 Å². The van der Waals surface area contributed by atoms with Gasteiger partial charge in [-0.05, 0) is 28.4 Å². The minimum Gasteiger partial charge on any atom is -0.273 e. The summed E-state index contributed by atoms with van der Waals surface area (Å²) < 4.78 is 1.35. The van der Waals surface area contributed by atoms with Crippen LogP contribution in [-0.2, 0) is 41.1 Å². The molecule has 0 radical (unpaired) electrons. The van der Waals surface area contributed by atoms with Crippen LogP contribution in [0.5, 0.6) is 0 Å². The van der Waals surface area contributed by atoms with Gasteiger partial charge in [-0.15, -0.1) is 42.4 Å². The first-order valence-corrected chi connectivity index (χ1v) is 16.9. The van der Waals surface area contributed by atoms with Gasteiger partial charge >= 0.3 is 120 Å². The molecule has 0 saturated heterocycles. The molecule has 0 bridgehead atoms. The van der Waals surface area contributed by atoms with Gasteiger partial charge in [0.2, 0.25) is 0 Å². The first kappa shape index (κ1) is 38.4. The van der Waals surface area contributed by atoms with Crippen LogP contribution in [0.1, 0.15) is 81.3 Å². The van der Waals surface area contributed by atoms with Crippen molar-refractivity contribution in [3.8, 4) is 11.1 Å². The molecule has 0 heterocycles. The van der Waals surface area contributed by atoms with Crippen molar-refractivity contribution >= 4 is 51.3 Å². The normalized spacial score (nSPS) is 12.4. The second-order valence-corrected chi connectivity index (χ2v) is 15.4. The average molecular weight is 829 g/mol. The summed E-state index contributed by atoms with van der Waals surface area (Å²) in [6.07, 6.45) is 11.0. The molecule has 0 saturated carbocycles. The van der Waals surface area contributed by atoms with Gasteiger partial charge in [-0.25, -0.2) is 12.2 Å². The van der Waals surface area contributed by atoms with Crippen LogP contribution >= 0.6 is 48.0 Å². The predicted octanol–water partition coefficient (Wildman–Crippen LogP) is 11.9. The Labute approximate surface area is 301 Å². The van der Waals surface area contributed by atoms with Gasteiger partial charge in [0.05, 0.1) is 0 Å². The molecule has 4 aromatic carbocycles. The molecule has 0 atom stereocenters. The van der Waals surface area contributed by atoms with E-state index in [0.717, 1.165) is 46.8 Å². The maximum absolute atomic E-state index is 5.87. The second-order valence-electron chi connectivity index (χ2n) is 12.7. The summed E-state index contributed by atoms with van der Waals surface area (Å²) in [6.45, 7) is 13.6. The van der Waals surface area contributed by atoms with Crippen molar-refractivity contribution in [3.05, 3.63) is 153 Å². The van der Waals surface area contributed by atoms with E-state index in [1.54, 1.807) is 0 Å². The van der Waals surface area contributed by atoms with Crippen molar-refractivity contribution in [1.82, 2.24) is 0 Å². The van der Waals surface area contributed by atoms with Crippen LogP contribution in [-0.4, -0.2) is 3.26 Å². The summed E-state index contributed by atoms with van der Waals surface area (Å²) in [5.74, 6) is 0. The molecule has 0 spiro atoms. The molecule has 0 aliphatic heterocycles. The van der Waals surface area contributed by atoms with Gasteiger partial charge in [0, 0.05) is 0 Å². The van der Waals surface area contributed by atoms with Crippen LogP contribution in [0.25, 0.3) is 11.1 Å². The number of halogens is 4. The van der Waals surface area contributed by atoms with E-state index in [1.165, 1.54) is 47.8 Å². The number of benzene rings is 4. The number of hydrogen-bond acceptors (Lipinski definition) is 0. The molecule has 228 valence electrons. The summed E-state index contributed by atoms with van der Waals surface area (Å²) >= 11 is 12.7. The fourth-order valence-corrected chi connectivity index (χ4v) is 6.22. The van der Waals surface area contributed by atoms with E-state index >= 15 is 0 Å². The summed E-state index contributed by atoms with van der Waals surface area (Å²) in [5, 5.41) is 1.55. The van der Waals surface area contributed by atoms with Gasteiger partial charge in [-0.2, -0.15) is 29.8 Å². The average Bonchev–Trinajstić information content (AvgIpc) is 3.64. The van der Waals surface area contributed by atoms with Crippen LogP contribution in [0.3, 0.4) is 0 Å². The van der Waals surface area contributed by atoms with Crippen molar-refractivity contribution in [1.29, 1.82) is 0 Å². The van der Waals surface area contributed by atoms with E-state index in [1.807, 2.05) is 36.4 Å². The zero-order chi connectivity index (χ0) is 30.5. The molecule has 4 aromatic rings. The molecule has 2 aliphatic carbocycles. The molecular formula is C39H40Cl4Hf. The Morgan fingerprint density at radius 1 is 0.705 bits per heavy atom. The third-order valence-corrected chi connectivity index (χ3v) is 9.89. The molecule has 2 aliphatic rings. The summed E-state index contributed by atoms with van der Waals surface area (Å²) in [7, 11) is 0. The standard InChI is InChI=1S/C21H25.C13H8Cl2.C5H5.2ClH.Hf/c1-20(2,3)16-7-9-18-14(12-16)11-15-13-17(21(4,5)6)8-10-19(15)18;14-12-5-1-10(2-6-12)9-11-3-7-13(15)8-4-11;1-2-4-5-3-1;;;/h7-10,12H,11H2,1-6H3;1-8H;1-3H,4H2;2*1H;/q-1;;-1;;;+2. The zero-order valence-corrected chi connectivity index (χ0v) is 33.0. The zero-order valence-electron chi connectivity index (χ0n) is 26.2. The van der Waals surface area contributed by atoms with Crippen LogP contribution in [0.4, 0.5) is 0 Å². The molecule has 44 heavy (non-hydrogen) atoms. The maximum Gasteiger partial charge on any atom is -0.109 e. The Morgan fingerprint density at radius 2 is 1.25 bits per heavy atom. The fraction of sp³-hybridized carbons (Fsp3) is 0.256. The summed E-state index contributed by atoms with van der Waals surface area (Å²) in [5.41, 5.74) is 11.2. The predicted molar refractivity (Wildman–Crippen MR) is 193 cm³/mol. The second kappa shape index (κ2) is 16.7. The van der Waals surface area contributed by atoms with E-state index < -0.39 is 0 Å². The Kier molecular flexibility index (Phi) is 14.6. The van der Waals surface area contributed by atoms with E-state index in [-0.39, 0.29) is 35.6 Å².